The molecule has 0 aliphatic rings. The smallest absolute Gasteiger partial charge is 0.652 e. The molecule has 0 bridgehead atoms. The fourth-order valence-electron chi connectivity index (χ4n) is 0. The Morgan fingerprint density at radius 1 is 1.33 bits per heavy atom. The maximum absolute atomic E-state index is 8.33. The van der Waals surface area contributed by atoms with E-state index in [4.69, 9.17) is 15.0 Å². The SMILES string of the molecule is O=C([O-])[O-].[Ba+2].[SiH4]. The number of carboxylic acid groups (broad SMARTS) is 2. The monoisotopic (exact) mass is 230 g/mol. The summed E-state index contributed by atoms with van der Waals surface area (Å²) in [6.07, 6.45) is -2.33. The maximum atomic E-state index is 8.33. The van der Waals surface area contributed by atoms with Gasteiger partial charge in [0.25, 0.3) is 0 Å². The van der Waals surface area contributed by atoms with Crippen LogP contribution in [0.25, 0.3) is 0 Å². The van der Waals surface area contributed by atoms with Crippen molar-refractivity contribution in [1.82, 2.24) is 0 Å². The van der Waals surface area contributed by atoms with Crippen molar-refractivity contribution in [1.29, 1.82) is 0 Å². The Morgan fingerprint density at radius 3 is 1.33 bits per heavy atom. The summed E-state index contributed by atoms with van der Waals surface area (Å²) in [6.45, 7) is 0. The van der Waals surface area contributed by atoms with Crippen LogP contribution in [-0.4, -0.2) is 66.0 Å². The van der Waals surface area contributed by atoms with E-state index in [1.165, 1.54) is 0 Å². The van der Waals surface area contributed by atoms with Crippen LogP contribution in [0.3, 0.4) is 0 Å². The summed E-state index contributed by atoms with van der Waals surface area (Å²) in [5.41, 5.74) is 0. The normalized spacial score (nSPS) is 4.00. The molecular weight excluding hydrogens is 225 g/mol. The van der Waals surface area contributed by atoms with Crippen molar-refractivity contribution in [3.8, 4) is 0 Å². The zero-order valence-electron chi connectivity index (χ0n) is 2.43. The first kappa shape index (κ1) is 15.7. The Hall–Kier alpha value is 1.06. The van der Waals surface area contributed by atoms with Crippen molar-refractivity contribution in [2.24, 2.45) is 0 Å². The van der Waals surface area contributed by atoms with Crippen LogP contribution >= 0.6 is 0 Å². The van der Waals surface area contributed by atoms with Crippen LogP contribution in [0.1, 0.15) is 0 Å². The van der Waals surface area contributed by atoms with E-state index in [-0.39, 0.29) is 59.8 Å². The number of hydrogen-bond acceptors (Lipinski definition) is 3. The van der Waals surface area contributed by atoms with Crippen molar-refractivity contribution in [3.05, 3.63) is 0 Å². The van der Waals surface area contributed by atoms with E-state index in [0.29, 0.717) is 0 Å². The van der Waals surface area contributed by atoms with Gasteiger partial charge < -0.3 is 15.0 Å². The van der Waals surface area contributed by atoms with Gasteiger partial charge in [-0.3, -0.25) is 0 Å². The molecule has 0 aliphatic carbocycles. The van der Waals surface area contributed by atoms with E-state index in [9.17, 15) is 0 Å². The van der Waals surface area contributed by atoms with Crippen LogP contribution in [0, 0.1) is 0 Å². The molecule has 3 nitrogen and oxygen atoms in total. The molecule has 0 aromatic carbocycles. The zero-order valence-corrected chi connectivity index (χ0v) is 6.87. The van der Waals surface area contributed by atoms with E-state index in [0.717, 1.165) is 0 Å². The minimum absolute atomic E-state index is 0. The van der Waals surface area contributed by atoms with E-state index in [1.54, 1.807) is 0 Å². The molecule has 0 unspecified atom stereocenters. The van der Waals surface area contributed by atoms with Gasteiger partial charge in [-0.1, -0.05) is 0 Å². The van der Waals surface area contributed by atoms with Gasteiger partial charge in [0.15, 0.2) is 0 Å². The molecule has 0 saturated heterocycles. The van der Waals surface area contributed by atoms with Gasteiger partial charge in [0, 0.05) is 0 Å². The van der Waals surface area contributed by atoms with Crippen LogP contribution < -0.4 is 10.2 Å². The molecule has 6 heavy (non-hydrogen) atoms. The summed E-state index contributed by atoms with van der Waals surface area (Å²) in [4.78, 5) is 8.33. The van der Waals surface area contributed by atoms with Crippen molar-refractivity contribution in [2.45, 2.75) is 0 Å². The molecule has 0 spiro atoms. The van der Waals surface area contributed by atoms with Crippen LogP contribution in [-0.2, 0) is 0 Å². The molecule has 0 rings (SSSR count). The van der Waals surface area contributed by atoms with E-state index < -0.39 is 6.16 Å². The third-order valence-corrected chi connectivity index (χ3v) is 0. The quantitative estimate of drug-likeness (QED) is 0.395. The van der Waals surface area contributed by atoms with Crippen molar-refractivity contribution in [3.63, 3.8) is 0 Å². The van der Waals surface area contributed by atoms with Gasteiger partial charge in [-0.15, -0.1) is 0 Å². The molecule has 5 heteroatoms. The van der Waals surface area contributed by atoms with Gasteiger partial charge in [-0.05, 0) is 17.1 Å². The third-order valence-electron chi connectivity index (χ3n) is 0. The Labute approximate surface area is 79.8 Å². The molecule has 0 fully saturated rings. The van der Waals surface area contributed by atoms with E-state index >= 15 is 0 Å². The van der Waals surface area contributed by atoms with Crippen LogP contribution in [0.5, 0.6) is 0 Å². The molecule has 0 aliphatic heterocycles. The van der Waals surface area contributed by atoms with Crippen LogP contribution in [0.2, 0.25) is 0 Å². The standard InChI is InChI=1S/CH2O3.Ba.H4Si/c2-1(3)4;;/h(H2,2,3,4);;1H4/q;+2;/p-2. The fourth-order valence-corrected chi connectivity index (χ4v) is 0. The number of rotatable bonds is 0. The van der Waals surface area contributed by atoms with Gasteiger partial charge in [-0.2, -0.15) is 0 Å². The largest absolute Gasteiger partial charge is 2.00 e. The van der Waals surface area contributed by atoms with Gasteiger partial charge in [0.2, 0.25) is 0 Å². The number of carbonyl (C=O) groups is 1. The number of carbonyl (C=O) groups excluding carboxylic acids is 1. The summed E-state index contributed by atoms with van der Waals surface area (Å²) in [7, 11) is 0. The molecule has 0 saturated carbocycles. The molecule has 0 amide bonds. The molecule has 0 aromatic heterocycles. The van der Waals surface area contributed by atoms with Crippen molar-refractivity contribution in [2.75, 3.05) is 0 Å². The minimum atomic E-state index is -2.33. The average Bonchev–Trinajstić information content (AvgIpc) is 0.811. The molecule has 0 radical (unpaired) electrons. The summed E-state index contributed by atoms with van der Waals surface area (Å²) in [5.74, 6) is 0. The maximum Gasteiger partial charge on any atom is 2.00 e. The Balaban J connectivity index is -0.0000000450. The topological polar surface area (TPSA) is 63.2 Å². The first-order valence-corrected chi connectivity index (χ1v) is 0.612. The average molecular weight is 229 g/mol. The van der Waals surface area contributed by atoms with Gasteiger partial charge in [-0.25, -0.2) is 0 Å². The summed E-state index contributed by atoms with van der Waals surface area (Å²) in [5, 5.41) is 16.7. The van der Waals surface area contributed by atoms with E-state index in [2.05, 4.69) is 0 Å². The molecule has 0 aromatic rings. The zero-order chi connectivity index (χ0) is 3.58. The molecule has 0 heterocycles. The number of hydrogen-bond donors (Lipinski definition) is 0. The Morgan fingerprint density at radius 2 is 1.33 bits per heavy atom. The Kier molecular flexibility index (Phi) is 24.7. The Bertz CT molecular complexity index is 33.8. The first-order chi connectivity index (χ1) is 1.73. The van der Waals surface area contributed by atoms with Crippen LogP contribution in [0.4, 0.5) is 4.79 Å². The van der Waals surface area contributed by atoms with Gasteiger partial charge in [0.05, 0.1) is 0 Å². The second-order valence-electron chi connectivity index (χ2n) is 0.250. The van der Waals surface area contributed by atoms with E-state index in [1.807, 2.05) is 0 Å². The molecule has 32 valence electrons. The fraction of sp³-hybridized carbons (Fsp3) is 0. The summed E-state index contributed by atoms with van der Waals surface area (Å²) >= 11 is 0. The summed E-state index contributed by atoms with van der Waals surface area (Å²) in [6, 6.07) is 0. The van der Waals surface area contributed by atoms with Gasteiger partial charge >= 0.3 is 48.9 Å². The van der Waals surface area contributed by atoms with Crippen LogP contribution in [0.15, 0.2) is 0 Å². The van der Waals surface area contributed by atoms with Crippen molar-refractivity contribution < 1.29 is 15.0 Å². The summed E-state index contributed by atoms with van der Waals surface area (Å²) < 4.78 is 0. The molecule has 0 atom stereocenters. The second kappa shape index (κ2) is 9.41. The first-order valence-electron chi connectivity index (χ1n) is 0.612. The second-order valence-corrected chi connectivity index (χ2v) is 0.250. The third kappa shape index (κ3) is 74.4. The molecule has 0 N–H and O–H groups in total. The minimum Gasteiger partial charge on any atom is -0.652 e. The predicted octanol–water partition coefficient (Wildman–Crippen LogP) is -4.28. The van der Waals surface area contributed by atoms with Gasteiger partial charge in [0.1, 0.15) is 0 Å². The predicted molar refractivity (Wildman–Crippen MR) is 22.5 cm³/mol. The van der Waals surface area contributed by atoms with Crippen molar-refractivity contribution >= 4 is 66.0 Å². The molecular formula is CH4BaO3Si.